The van der Waals surface area contributed by atoms with Crippen molar-refractivity contribution in [1.82, 2.24) is 19.2 Å². The van der Waals surface area contributed by atoms with Crippen LogP contribution in [0.15, 0.2) is 95.1 Å². The van der Waals surface area contributed by atoms with Crippen molar-refractivity contribution >= 4 is 29.0 Å². The molecule has 5 rings (SSSR count). The molecule has 0 fully saturated rings. The van der Waals surface area contributed by atoms with Gasteiger partial charge in [0.05, 0.1) is 5.69 Å². The molecule has 2 heterocycles. The second-order valence-corrected chi connectivity index (χ2v) is 9.10. The van der Waals surface area contributed by atoms with Gasteiger partial charge in [0.25, 0.3) is 0 Å². The highest BCUT2D eigenvalue weighted by Gasteiger charge is 2.14. The fourth-order valence-corrected chi connectivity index (χ4v) is 4.96. The normalized spacial score (nSPS) is 11.2. The fourth-order valence-electron chi connectivity index (χ4n) is 3.84. The third-order valence-electron chi connectivity index (χ3n) is 5.65. The number of fused-ring (bicyclic) bond motifs is 1. The third-order valence-corrected chi connectivity index (χ3v) is 7.05. The van der Waals surface area contributed by atoms with Gasteiger partial charge in [-0.15, -0.1) is 10.2 Å². The van der Waals surface area contributed by atoms with Crippen LogP contribution in [0.25, 0.3) is 11.3 Å². The molecule has 0 N–H and O–H groups in total. The van der Waals surface area contributed by atoms with Crippen LogP contribution in [0.4, 0.5) is 0 Å². The highest BCUT2D eigenvalue weighted by Crippen LogP contribution is 2.25. The van der Waals surface area contributed by atoms with Gasteiger partial charge in [-0.25, -0.2) is 0 Å². The number of rotatable bonds is 6. The van der Waals surface area contributed by atoms with Gasteiger partial charge in [-0.1, -0.05) is 84.0 Å². The van der Waals surface area contributed by atoms with Gasteiger partial charge in [-0.05, 0) is 47.7 Å². The van der Waals surface area contributed by atoms with Crippen molar-refractivity contribution in [3.63, 3.8) is 0 Å². The molecule has 0 bridgehead atoms. The van der Waals surface area contributed by atoms with Crippen molar-refractivity contribution in [2.75, 3.05) is 0 Å². The van der Waals surface area contributed by atoms with E-state index in [1.54, 1.807) is 26.9 Å². The average Bonchev–Trinajstić information content (AvgIpc) is 3.25. The maximum absolute atomic E-state index is 13.1. The number of aromatic nitrogens is 4. The van der Waals surface area contributed by atoms with E-state index in [9.17, 15) is 4.79 Å². The van der Waals surface area contributed by atoms with Gasteiger partial charge >= 0.3 is 5.56 Å². The number of halogens is 1. The Hall–Kier alpha value is -3.35. The van der Waals surface area contributed by atoms with E-state index in [0.717, 1.165) is 23.4 Å². The van der Waals surface area contributed by atoms with Crippen LogP contribution in [0.3, 0.4) is 0 Å². The Balaban J connectivity index is 1.42. The van der Waals surface area contributed by atoms with E-state index in [-0.39, 0.29) is 11.2 Å². The Labute approximate surface area is 200 Å². The summed E-state index contributed by atoms with van der Waals surface area (Å²) in [5.74, 6) is 0.736. The fraction of sp³-hybridized carbons (Fsp3) is 0.115. The number of benzene rings is 3. The van der Waals surface area contributed by atoms with E-state index in [1.165, 1.54) is 16.7 Å². The zero-order valence-corrected chi connectivity index (χ0v) is 19.6. The first-order chi connectivity index (χ1) is 16.1. The molecule has 33 heavy (non-hydrogen) atoms. The van der Waals surface area contributed by atoms with Crippen LogP contribution >= 0.6 is 23.4 Å². The largest absolute Gasteiger partial charge is 0.300 e. The Morgan fingerprint density at radius 3 is 2.45 bits per heavy atom. The maximum Gasteiger partial charge on any atom is 0.300 e. The molecule has 5 nitrogen and oxygen atoms in total. The highest BCUT2D eigenvalue weighted by molar-refractivity contribution is 7.98. The molecule has 0 unspecified atom stereocenters. The Morgan fingerprint density at radius 2 is 1.64 bits per heavy atom. The Bertz CT molecular complexity index is 1490. The lowest BCUT2D eigenvalue weighted by Crippen LogP contribution is -2.21. The van der Waals surface area contributed by atoms with E-state index in [4.69, 9.17) is 11.6 Å². The van der Waals surface area contributed by atoms with E-state index in [2.05, 4.69) is 58.7 Å². The Kier molecular flexibility index (Phi) is 6.03. The molecule has 0 saturated carbocycles. The number of thioether (sulfide) groups is 1. The molecule has 7 heteroatoms. The van der Waals surface area contributed by atoms with Gasteiger partial charge in [0.15, 0.2) is 5.16 Å². The molecule has 0 amide bonds. The van der Waals surface area contributed by atoms with Crippen molar-refractivity contribution in [2.24, 2.45) is 0 Å². The summed E-state index contributed by atoms with van der Waals surface area (Å²) in [7, 11) is 0. The van der Waals surface area contributed by atoms with Crippen LogP contribution in [0.2, 0.25) is 5.02 Å². The van der Waals surface area contributed by atoms with Crippen LogP contribution in [-0.2, 0) is 12.2 Å². The van der Waals surface area contributed by atoms with Crippen molar-refractivity contribution in [3.8, 4) is 5.69 Å². The average molecular weight is 473 g/mol. The summed E-state index contributed by atoms with van der Waals surface area (Å²) < 4.78 is 3.32. The molecular formula is C26H21ClN4OS. The molecule has 0 aliphatic heterocycles. The molecular weight excluding hydrogens is 452 g/mol. The SMILES string of the molecule is Cc1c(Cl)cccc1-n1ccn2c(SCc3ccccc3Cc3ccccc3)nnc2c1=O. The van der Waals surface area contributed by atoms with Crippen LogP contribution in [0.1, 0.15) is 22.3 Å². The lowest BCUT2D eigenvalue weighted by Gasteiger charge is -2.11. The first kappa shape index (κ1) is 21.5. The summed E-state index contributed by atoms with van der Waals surface area (Å²) in [6.45, 7) is 1.90. The third kappa shape index (κ3) is 4.32. The summed E-state index contributed by atoms with van der Waals surface area (Å²) in [6.07, 6.45) is 4.45. The van der Waals surface area contributed by atoms with Crippen molar-refractivity contribution < 1.29 is 0 Å². The molecule has 0 radical (unpaired) electrons. The molecule has 3 aromatic carbocycles. The molecule has 0 aliphatic rings. The summed E-state index contributed by atoms with van der Waals surface area (Å²) in [5.41, 5.74) is 5.44. The number of hydrogen-bond donors (Lipinski definition) is 0. The van der Waals surface area contributed by atoms with Gasteiger partial charge in [0.2, 0.25) is 5.65 Å². The monoisotopic (exact) mass is 472 g/mol. The van der Waals surface area contributed by atoms with Gasteiger partial charge in [-0.2, -0.15) is 0 Å². The van der Waals surface area contributed by atoms with E-state index in [0.29, 0.717) is 10.2 Å². The topological polar surface area (TPSA) is 52.2 Å². The molecule has 5 aromatic rings. The molecule has 2 aromatic heterocycles. The lowest BCUT2D eigenvalue weighted by molar-refractivity contribution is 0.890. The molecule has 164 valence electrons. The minimum atomic E-state index is -0.230. The molecule has 0 atom stereocenters. The standard InChI is InChI=1S/C26H21ClN4OS/c1-18-22(27)12-7-13-23(18)30-14-15-31-24(25(30)32)28-29-26(31)33-17-21-11-6-5-10-20(21)16-19-8-3-2-4-9-19/h2-15H,16-17H2,1H3. The summed E-state index contributed by atoms with van der Waals surface area (Å²) in [4.78, 5) is 13.1. The van der Waals surface area contributed by atoms with Gasteiger partial charge in [-0.3, -0.25) is 13.8 Å². The molecule has 0 saturated heterocycles. The van der Waals surface area contributed by atoms with Gasteiger partial charge in [0, 0.05) is 23.2 Å². The van der Waals surface area contributed by atoms with Crippen LogP contribution in [0.5, 0.6) is 0 Å². The predicted octanol–water partition coefficient (Wildman–Crippen LogP) is 5.73. The predicted molar refractivity (Wildman–Crippen MR) is 134 cm³/mol. The highest BCUT2D eigenvalue weighted by atomic mass is 35.5. The van der Waals surface area contributed by atoms with Crippen molar-refractivity contribution in [1.29, 1.82) is 0 Å². The van der Waals surface area contributed by atoms with Crippen LogP contribution < -0.4 is 5.56 Å². The van der Waals surface area contributed by atoms with Crippen molar-refractivity contribution in [2.45, 2.75) is 24.3 Å². The minimum absolute atomic E-state index is 0.230. The summed E-state index contributed by atoms with van der Waals surface area (Å²) in [5, 5.41) is 9.78. The van der Waals surface area contributed by atoms with Crippen molar-refractivity contribution in [3.05, 3.63) is 123 Å². The van der Waals surface area contributed by atoms with Gasteiger partial charge in [0.1, 0.15) is 0 Å². The second-order valence-electron chi connectivity index (χ2n) is 7.75. The van der Waals surface area contributed by atoms with Gasteiger partial charge < -0.3 is 0 Å². The number of nitrogens with zero attached hydrogens (tertiary/aromatic N) is 4. The van der Waals surface area contributed by atoms with E-state index >= 15 is 0 Å². The first-order valence-electron chi connectivity index (χ1n) is 10.6. The Morgan fingerprint density at radius 1 is 0.879 bits per heavy atom. The zero-order valence-electron chi connectivity index (χ0n) is 18.0. The second kappa shape index (κ2) is 9.25. The molecule has 0 aliphatic carbocycles. The maximum atomic E-state index is 13.1. The zero-order chi connectivity index (χ0) is 22.8. The number of hydrogen-bond acceptors (Lipinski definition) is 4. The van der Waals surface area contributed by atoms with Crippen LogP contribution in [-0.4, -0.2) is 19.2 Å². The minimum Gasteiger partial charge on any atom is -0.279 e. The summed E-state index contributed by atoms with van der Waals surface area (Å²) in [6, 6.07) is 24.4. The molecule has 0 spiro atoms. The van der Waals surface area contributed by atoms with Crippen LogP contribution in [0, 0.1) is 6.92 Å². The van der Waals surface area contributed by atoms with E-state index in [1.807, 2.05) is 37.4 Å². The first-order valence-corrected chi connectivity index (χ1v) is 11.9. The lowest BCUT2D eigenvalue weighted by atomic mass is 10.0. The smallest absolute Gasteiger partial charge is 0.279 e. The summed E-state index contributed by atoms with van der Waals surface area (Å²) >= 11 is 7.82. The quantitative estimate of drug-likeness (QED) is 0.296. The van der Waals surface area contributed by atoms with E-state index < -0.39 is 0 Å².